The number of H-pyrrole nitrogens is 1. The largest absolute Gasteiger partial charge is 0.487 e. The van der Waals surface area contributed by atoms with Gasteiger partial charge >= 0.3 is 0 Å². The lowest BCUT2D eigenvalue weighted by Gasteiger charge is -2.09. The summed E-state index contributed by atoms with van der Waals surface area (Å²) in [4.78, 5) is 19.1. The van der Waals surface area contributed by atoms with Gasteiger partial charge in [-0.05, 0) is 42.8 Å². The number of aryl methyl sites for hydroxylation is 1. The Labute approximate surface area is 121 Å². The highest BCUT2D eigenvalue weighted by atomic mass is 16.5. The molecule has 21 heavy (non-hydrogen) atoms. The zero-order valence-electron chi connectivity index (χ0n) is 11.6. The van der Waals surface area contributed by atoms with Gasteiger partial charge in [-0.3, -0.25) is 4.79 Å². The number of rotatable bonds is 3. The van der Waals surface area contributed by atoms with E-state index in [2.05, 4.69) is 9.97 Å². The van der Waals surface area contributed by atoms with Crippen LogP contribution in [0.3, 0.4) is 0 Å². The van der Waals surface area contributed by atoms with Gasteiger partial charge < -0.3 is 15.5 Å². The van der Waals surface area contributed by atoms with Crippen LogP contribution in [0.25, 0.3) is 11.0 Å². The minimum atomic E-state index is -0.234. The second kappa shape index (κ2) is 5.28. The summed E-state index contributed by atoms with van der Waals surface area (Å²) >= 11 is 0. The second-order valence-electron chi connectivity index (χ2n) is 4.84. The van der Waals surface area contributed by atoms with Crippen LogP contribution in [-0.2, 0) is 6.61 Å². The van der Waals surface area contributed by atoms with E-state index in [0.717, 1.165) is 16.6 Å². The van der Waals surface area contributed by atoms with Crippen LogP contribution in [0.1, 0.15) is 11.3 Å². The second-order valence-corrected chi connectivity index (χ2v) is 4.84. The van der Waals surface area contributed by atoms with Gasteiger partial charge in [0.15, 0.2) is 0 Å². The lowest BCUT2D eigenvalue weighted by Crippen LogP contribution is -2.17. The van der Waals surface area contributed by atoms with E-state index in [1.807, 2.05) is 37.3 Å². The molecule has 3 N–H and O–H groups in total. The minimum absolute atomic E-state index is 0.116. The third kappa shape index (κ3) is 2.72. The van der Waals surface area contributed by atoms with Crippen LogP contribution < -0.4 is 16.0 Å². The van der Waals surface area contributed by atoms with Crippen molar-refractivity contribution < 1.29 is 4.74 Å². The van der Waals surface area contributed by atoms with Crippen molar-refractivity contribution in [3.63, 3.8) is 0 Å². The Kier molecular flexibility index (Phi) is 3.31. The molecule has 3 rings (SSSR count). The average Bonchev–Trinajstić information content (AvgIpc) is 2.46. The number of nitrogen functional groups attached to an aromatic ring is 1. The number of nitrogens with one attached hydrogen (secondary N) is 1. The molecule has 0 fully saturated rings. The number of anilines is 1. The number of hydrogen-bond donors (Lipinski definition) is 2. The smallest absolute Gasteiger partial charge is 0.273 e. The lowest BCUT2D eigenvalue weighted by molar-refractivity contribution is 0.298. The normalized spacial score (nSPS) is 10.7. The Bertz CT molecular complexity index is 856. The summed E-state index contributed by atoms with van der Waals surface area (Å²) in [5.41, 5.74) is 8.88. The first-order valence-electron chi connectivity index (χ1n) is 6.60. The van der Waals surface area contributed by atoms with E-state index in [9.17, 15) is 4.79 Å². The van der Waals surface area contributed by atoms with Crippen LogP contribution >= 0.6 is 0 Å². The number of benzene rings is 2. The molecule has 5 heteroatoms. The van der Waals surface area contributed by atoms with Crippen LogP contribution in [0.15, 0.2) is 47.3 Å². The average molecular weight is 281 g/mol. The van der Waals surface area contributed by atoms with Crippen molar-refractivity contribution in [1.29, 1.82) is 0 Å². The van der Waals surface area contributed by atoms with E-state index in [0.29, 0.717) is 17.1 Å². The molecule has 0 unspecified atom stereocenters. The Morgan fingerprint density at radius 1 is 1.24 bits per heavy atom. The van der Waals surface area contributed by atoms with Crippen molar-refractivity contribution in [2.45, 2.75) is 13.5 Å². The highest BCUT2D eigenvalue weighted by molar-refractivity contribution is 5.73. The summed E-state index contributed by atoms with van der Waals surface area (Å²) in [6, 6.07) is 12.8. The lowest BCUT2D eigenvalue weighted by atomic mass is 10.2. The number of aromatic nitrogens is 2. The van der Waals surface area contributed by atoms with Gasteiger partial charge in [0.1, 0.15) is 18.1 Å². The summed E-state index contributed by atoms with van der Waals surface area (Å²) in [6.07, 6.45) is 0. The topological polar surface area (TPSA) is 81.0 Å². The van der Waals surface area contributed by atoms with Crippen LogP contribution in [0.4, 0.5) is 5.69 Å². The van der Waals surface area contributed by atoms with E-state index < -0.39 is 0 Å². The fourth-order valence-electron chi connectivity index (χ4n) is 2.15. The molecule has 5 nitrogen and oxygen atoms in total. The fraction of sp³-hybridized carbons (Fsp3) is 0.125. The molecule has 0 saturated heterocycles. The van der Waals surface area contributed by atoms with Gasteiger partial charge in [0.05, 0.1) is 11.0 Å². The maximum absolute atomic E-state index is 12.0. The molecular weight excluding hydrogens is 266 g/mol. The van der Waals surface area contributed by atoms with E-state index in [4.69, 9.17) is 10.5 Å². The van der Waals surface area contributed by atoms with Crippen molar-refractivity contribution in [2.24, 2.45) is 0 Å². The zero-order valence-corrected chi connectivity index (χ0v) is 11.6. The van der Waals surface area contributed by atoms with Crippen molar-refractivity contribution in [3.8, 4) is 5.75 Å². The summed E-state index contributed by atoms with van der Waals surface area (Å²) in [7, 11) is 0. The predicted octanol–water partition coefficient (Wildman–Crippen LogP) is 2.39. The SMILES string of the molecule is Cc1cc(N)ccc1OCc1nc2ccccc2[nH]c1=O. The molecule has 0 aliphatic heterocycles. The van der Waals surface area contributed by atoms with Gasteiger partial charge in [-0.15, -0.1) is 0 Å². The summed E-state index contributed by atoms with van der Waals surface area (Å²) in [5, 5.41) is 0. The summed E-state index contributed by atoms with van der Waals surface area (Å²) in [6.45, 7) is 2.02. The number of para-hydroxylation sites is 2. The molecule has 0 spiro atoms. The van der Waals surface area contributed by atoms with Crippen LogP contribution in [-0.4, -0.2) is 9.97 Å². The molecule has 3 aromatic rings. The van der Waals surface area contributed by atoms with E-state index in [1.54, 1.807) is 12.1 Å². The maximum atomic E-state index is 12.0. The van der Waals surface area contributed by atoms with Gasteiger partial charge in [0, 0.05) is 5.69 Å². The predicted molar refractivity (Wildman–Crippen MR) is 82.3 cm³/mol. The number of ether oxygens (including phenoxy) is 1. The van der Waals surface area contributed by atoms with Crippen molar-refractivity contribution in [1.82, 2.24) is 9.97 Å². The van der Waals surface area contributed by atoms with Gasteiger partial charge in [-0.2, -0.15) is 0 Å². The van der Waals surface area contributed by atoms with E-state index >= 15 is 0 Å². The first-order valence-corrected chi connectivity index (χ1v) is 6.60. The van der Waals surface area contributed by atoms with Crippen molar-refractivity contribution in [2.75, 3.05) is 5.73 Å². The minimum Gasteiger partial charge on any atom is -0.487 e. The third-order valence-corrected chi connectivity index (χ3v) is 3.23. The highest BCUT2D eigenvalue weighted by Crippen LogP contribution is 2.20. The number of hydrogen-bond acceptors (Lipinski definition) is 4. The molecular formula is C16H15N3O2. The number of nitrogens with zero attached hydrogens (tertiary/aromatic N) is 1. The van der Waals surface area contributed by atoms with Crippen LogP contribution in [0, 0.1) is 6.92 Å². The first kappa shape index (κ1) is 13.2. The molecule has 0 amide bonds. The molecule has 1 heterocycles. The quantitative estimate of drug-likeness (QED) is 0.722. The molecule has 1 aromatic heterocycles. The molecule has 2 aromatic carbocycles. The molecule has 0 aliphatic carbocycles. The highest BCUT2D eigenvalue weighted by Gasteiger charge is 2.07. The fourth-order valence-corrected chi connectivity index (χ4v) is 2.15. The van der Waals surface area contributed by atoms with Crippen molar-refractivity contribution in [3.05, 3.63) is 64.1 Å². The first-order chi connectivity index (χ1) is 10.1. The summed E-state index contributed by atoms with van der Waals surface area (Å²) < 4.78 is 5.67. The zero-order chi connectivity index (χ0) is 14.8. The Balaban J connectivity index is 1.88. The Morgan fingerprint density at radius 2 is 2.05 bits per heavy atom. The standard InChI is InChI=1S/C16H15N3O2/c1-10-8-11(17)6-7-15(10)21-9-14-16(20)19-13-5-3-2-4-12(13)18-14/h2-8H,9,17H2,1H3,(H,19,20). The monoisotopic (exact) mass is 281 g/mol. The van der Waals surface area contributed by atoms with Crippen LogP contribution in [0.2, 0.25) is 0 Å². The van der Waals surface area contributed by atoms with Gasteiger partial charge in [0.25, 0.3) is 5.56 Å². The molecule has 0 bridgehead atoms. The molecule has 0 atom stereocenters. The number of fused-ring (bicyclic) bond motifs is 1. The Morgan fingerprint density at radius 3 is 2.86 bits per heavy atom. The van der Waals surface area contributed by atoms with E-state index in [-0.39, 0.29) is 12.2 Å². The number of nitrogens with two attached hydrogens (primary N) is 1. The molecule has 0 saturated carbocycles. The van der Waals surface area contributed by atoms with Crippen LogP contribution in [0.5, 0.6) is 5.75 Å². The van der Waals surface area contributed by atoms with Crippen molar-refractivity contribution >= 4 is 16.7 Å². The Hall–Kier alpha value is -2.82. The maximum Gasteiger partial charge on any atom is 0.273 e. The molecule has 106 valence electrons. The van der Waals surface area contributed by atoms with E-state index in [1.165, 1.54) is 0 Å². The van der Waals surface area contributed by atoms with Gasteiger partial charge in [-0.25, -0.2) is 4.98 Å². The summed E-state index contributed by atoms with van der Waals surface area (Å²) in [5.74, 6) is 0.693. The molecule has 0 radical (unpaired) electrons. The van der Waals surface area contributed by atoms with Gasteiger partial charge in [-0.1, -0.05) is 12.1 Å². The third-order valence-electron chi connectivity index (χ3n) is 3.23. The molecule has 0 aliphatic rings. The number of aromatic amines is 1. The van der Waals surface area contributed by atoms with Gasteiger partial charge in [0.2, 0.25) is 0 Å².